The van der Waals surface area contributed by atoms with E-state index in [0.29, 0.717) is 11.8 Å². The Kier molecular flexibility index (Phi) is 4.07. The third kappa shape index (κ3) is 2.75. The molecule has 2 aromatic rings. The quantitative estimate of drug-likeness (QED) is 0.846. The van der Waals surface area contributed by atoms with Crippen LogP contribution in [-0.4, -0.2) is 26.5 Å². The van der Waals surface area contributed by atoms with E-state index in [1.807, 2.05) is 17.7 Å². The third-order valence-corrected chi connectivity index (χ3v) is 3.30. The summed E-state index contributed by atoms with van der Waals surface area (Å²) in [6.45, 7) is 4.38. The van der Waals surface area contributed by atoms with E-state index in [1.165, 1.54) is 0 Å². The number of aromatic nitrogens is 3. The van der Waals surface area contributed by atoms with Crippen LogP contribution in [0, 0.1) is 5.92 Å². The Morgan fingerprint density at radius 2 is 2.17 bits per heavy atom. The second-order valence-electron chi connectivity index (χ2n) is 5.01. The Balaban J connectivity index is 2.25. The largest absolute Gasteiger partial charge is 0.364 e. The molecule has 0 bridgehead atoms. The minimum Gasteiger partial charge on any atom is -0.364 e. The number of nitrogens with zero attached hydrogens (tertiary/aromatic N) is 3. The molecule has 5 heteroatoms. The van der Waals surface area contributed by atoms with Crippen molar-refractivity contribution in [1.82, 2.24) is 14.5 Å². The van der Waals surface area contributed by atoms with Crippen molar-refractivity contribution in [2.24, 2.45) is 13.0 Å². The van der Waals surface area contributed by atoms with Crippen LogP contribution in [-0.2, 0) is 7.05 Å². The van der Waals surface area contributed by atoms with Gasteiger partial charge in [-0.15, -0.1) is 11.6 Å². The highest BCUT2D eigenvalue weighted by molar-refractivity contribution is 6.18. The lowest BCUT2D eigenvalue weighted by Crippen LogP contribution is -2.24. The average Bonchev–Trinajstić information content (AvgIpc) is 2.71. The maximum Gasteiger partial charge on any atom is 0.154 e. The molecule has 0 amide bonds. The minimum atomic E-state index is 0.228. The Morgan fingerprint density at radius 1 is 1.39 bits per heavy atom. The molecular formula is C13H19ClN4. The molecule has 0 aromatic carbocycles. The van der Waals surface area contributed by atoms with Crippen molar-refractivity contribution < 1.29 is 0 Å². The van der Waals surface area contributed by atoms with E-state index in [0.717, 1.165) is 23.3 Å². The van der Waals surface area contributed by atoms with Crippen molar-refractivity contribution in [3.8, 4) is 0 Å². The van der Waals surface area contributed by atoms with E-state index in [1.54, 1.807) is 12.5 Å². The summed E-state index contributed by atoms with van der Waals surface area (Å²) in [6.07, 6.45) is 4.62. The van der Waals surface area contributed by atoms with E-state index in [4.69, 9.17) is 11.6 Å². The topological polar surface area (TPSA) is 42.7 Å². The molecular weight excluding hydrogens is 248 g/mol. The number of hydrogen-bond acceptors (Lipinski definition) is 3. The van der Waals surface area contributed by atoms with Gasteiger partial charge in [-0.05, 0) is 18.4 Å². The molecule has 0 saturated carbocycles. The number of anilines is 1. The fourth-order valence-corrected chi connectivity index (χ4v) is 2.29. The van der Waals surface area contributed by atoms with E-state index in [9.17, 15) is 0 Å². The van der Waals surface area contributed by atoms with Crippen molar-refractivity contribution >= 4 is 28.5 Å². The van der Waals surface area contributed by atoms with Crippen molar-refractivity contribution in [2.45, 2.75) is 26.3 Å². The number of fused-ring (bicyclic) bond motifs is 1. The zero-order valence-electron chi connectivity index (χ0n) is 11.0. The molecule has 4 nitrogen and oxygen atoms in total. The predicted molar refractivity (Wildman–Crippen MR) is 76.1 cm³/mol. The molecule has 98 valence electrons. The van der Waals surface area contributed by atoms with Crippen molar-refractivity contribution in [3.63, 3.8) is 0 Å². The Bertz CT molecular complexity index is 521. The molecule has 0 aliphatic rings. The highest BCUT2D eigenvalue weighted by Gasteiger charge is 2.13. The summed E-state index contributed by atoms with van der Waals surface area (Å²) >= 11 is 6.00. The van der Waals surface area contributed by atoms with Gasteiger partial charge in [0.25, 0.3) is 0 Å². The zero-order valence-corrected chi connectivity index (χ0v) is 11.8. The average molecular weight is 267 g/mol. The van der Waals surface area contributed by atoms with Gasteiger partial charge in [0, 0.05) is 25.2 Å². The van der Waals surface area contributed by atoms with Crippen LogP contribution in [0.25, 0.3) is 11.0 Å². The summed E-state index contributed by atoms with van der Waals surface area (Å²) in [4.78, 5) is 8.75. The number of imidazole rings is 1. The van der Waals surface area contributed by atoms with E-state index < -0.39 is 0 Å². The van der Waals surface area contributed by atoms with Crippen LogP contribution in [0.5, 0.6) is 0 Å². The maximum atomic E-state index is 6.00. The number of hydrogen-bond donors (Lipinski definition) is 1. The van der Waals surface area contributed by atoms with Gasteiger partial charge in [-0.3, -0.25) is 0 Å². The summed E-state index contributed by atoms with van der Waals surface area (Å²) in [5.74, 6) is 1.99. The lowest BCUT2D eigenvalue weighted by molar-refractivity contribution is 0.541. The highest BCUT2D eigenvalue weighted by atomic mass is 35.5. The smallest absolute Gasteiger partial charge is 0.154 e. The highest BCUT2D eigenvalue weighted by Crippen LogP contribution is 2.20. The van der Waals surface area contributed by atoms with Crippen LogP contribution in [0.4, 0.5) is 5.82 Å². The standard InChI is InChI=1S/C13H19ClN4/c1-9(2)6-10(7-14)17-13-12-11(4-5-15-13)18(3)8-16-12/h4-5,8-10H,6-7H2,1-3H3,(H,15,17). The first-order valence-electron chi connectivity index (χ1n) is 6.20. The Hall–Kier alpha value is -1.29. The molecule has 0 aliphatic heterocycles. The summed E-state index contributed by atoms with van der Waals surface area (Å²) in [7, 11) is 1.98. The minimum absolute atomic E-state index is 0.228. The van der Waals surface area contributed by atoms with Crippen molar-refractivity contribution in [2.75, 3.05) is 11.2 Å². The summed E-state index contributed by atoms with van der Waals surface area (Å²) in [5.41, 5.74) is 1.98. The van der Waals surface area contributed by atoms with Gasteiger partial charge in [0.05, 0.1) is 11.8 Å². The van der Waals surface area contributed by atoms with Gasteiger partial charge in [0.2, 0.25) is 0 Å². The fourth-order valence-electron chi connectivity index (χ4n) is 2.09. The second kappa shape index (κ2) is 5.57. The summed E-state index contributed by atoms with van der Waals surface area (Å²) in [5, 5.41) is 3.40. The molecule has 0 aliphatic carbocycles. The number of aryl methyl sites for hydroxylation is 1. The van der Waals surface area contributed by atoms with Crippen molar-refractivity contribution in [3.05, 3.63) is 18.6 Å². The molecule has 1 atom stereocenters. The van der Waals surface area contributed by atoms with Gasteiger partial charge < -0.3 is 9.88 Å². The first kappa shape index (κ1) is 13.1. The van der Waals surface area contributed by atoms with Gasteiger partial charge in [-0.1, -0.05) is 13.8 Å². The lowest BCUT2D eigenvalue weighted by Gasteiger charge is -2.18. The van der Waals surface area contributed by atoms with E-state index >= 15 is 0 Å². The number of halogens is 1. The van der Waals surface area contributed by atoms with Gasteiger partial charge >= 0.3 is 0 Å². The normalized spacial score (nSPS) is 13.2. The van der Waals surface area contributed by atoms with Crippen LogP contribution >= 0.6 is 11.6 Å². The molecule has 0 spiro atoms. The van der Waals surface area contributed by atoms with Crippen LogP contribution in [0.3, 0.4) is 0 Å². The number of pyridine rings is 1. The monoisotopic (exact) mass is 266 g/mol. The maximum absolute atomic E-state index is 6.00. The molecule has 1 N–H and O–H groups in total. The predicted octanol–water partition coefficient (Wildman–Crippen LogP) is 3.03. The summed E-state index contributed by atoms with van der Waals surface area (Å²) < 4.78 is 1.99. The van der Waals surface area contributed by atoms with Gasteiger partial charge in [-0.2, -0.15) is 0 Å². The van der Waals surface area contributed by atoms with E-state index in [-0.39, 0.29) is 6.04 Å². The molecule has 2 aromatic heterocycles. The summed E-state index contributed by atoms with van der Waals surface area (Å²) in [6, 6.07) is 2.19. The van der Waals surface area contributed by atoms with Gasteiger partial charge in [0.1, 0.15) is 5.52 Å². The van der Waals surface area contributed by atoms with Crippen LogP contribution in [0.2, 0.25) is 0 Å². The number of rotatable bonds is 5. The molecule has 18 heavy (non-hydrogen) atoms. The lowest BCUT2D eigenvalue weighted by atomic mass is 10.1. The van der Waals surface area contributed by atoms with E-state index in [2.05, 4.69) is 29.1 Å². The van der Waals surface area contributed by atoms with Crippen molar-refractivity contribution in [1.29, 1.82) is 0 Å². The van der Waals surface area contributed by atoms with Gasteiger partial charge in [0.15, 0.2) is 5.82 Å². The first-order chi connectivity index (χ1) is 8.61. The zero-order chi connectivity index (χ0) is 13.1. The van der Waals surface area contributed by atoms with Gasteiger partial charge in [-0.25, -0.2) is 9.97 Å². The molecule has 0 saturated heterocycles. The number of nitrogens with one attached hydrogen (secondary N) is 1. The van der Waals surface area contributed by atoms with Crippen LogP contribution < -0.4 is 5.32 Å². The molecule has 0 fully saturated rings. The molecule has 2 rings (SSSR count). The third-order valence-electron chi connectivity index (χ3n) is 2.93. The second-order valence-corrected chi connectivity index (χ2v) is 5.32. The first-order valence-corrected chi connectivity index (χ1v) is 6.73. The fraction of sp³-hybridized carbons (Fsp3) is 0.538. The Labute approximate surface area is 112 Å². The Morgan fingerprint density at radius 3 is 2.83 bits per heavy atom. The van der Waals surface area contributed by atoms with Crippen LogP contribution in [0.1, 0.15) is 20.3 Å². The number of alkyl halides is 1. The van der Waals surface area contributed by atoms with Crippen LogP contribution in [0.15, 0.2) is 18.6 Å². The molecule has 0 radical (unpaired) electrons. The SMILES string of the molecule is CC(C)CC(CCl)Nc1nccc2c1ncn2C. The molecule has 2 heterocycles. The molecule has 1 unspecified atom stereocenters.